The van der Waals surface area contributed by atoms with Gasteiger partial charge in [-0.3, -0.25) is 4.79 Å². The van der Waals surface area contributed by atoms with E-state index in [9.17, 15) is 14.7 Å². The number of furan rings is 1. The Labute approximate surface area is 205 Å². The third-order valence-electron chi connectivity index (χ3n) is 6.89. The molecule has 4 rings (SSSR count). The number of hydrogen-bond donors (Lipinski definition) is 1. The summed E-state index contributed by atoms with van der Waals surface area (Å²) in [6.07, 6.45) is 1.01. The smallest absolute Gasteiger partial charge is 0.407 e. The summed E-state index contributed by atoms with van der Waals surface area (Å²) in [5.74, 6) is 0.704. The van der Waals surface area contributed by atoms with Crippen LogP contribution in [0.2, 0.25) is 5.02 Å². The molecule has 34 heavy (non-hydrogen) atoms. The molecule has 3 heterocycles. The Morgan fingerprint density at radius 1 is 1.03 bits per heavy atom. The van der Waals surface area contributed by atoms with Crippen LogP contribution in [0.4, 0.5) is 4.79 Å². The lowest BCUT2D eigenvalue weighted by Crippen LogP contribution is -2.50. The van der Waals surface area contributed by atoms with E-state index in [0.29, 0.717) is 41.2 Å². The van der Waals surface area contributed by atoms with Crippen molar-refractivity contribution in [1.82, 2.24) is 14.7 Å². The summed E-state index contributed by atoms with van der Waals surface area (Å²) in [5, 5.41) is 10.5. The van der Waals surface area contributed by atoms with Crippen LogP contribution in [0.3, 0.4) is 0 Å². The van der Waals surface area contributed by atoms with Gasteiger partial charge in [0.2, 0.25) is 0 Å². The molecule has 186 valence electrons. The topological polar surface area (TPSA) is 86.5 Å². The lowest BCUT2D eigenvalue weighted by molar-refractivity contribution is 0.0596. The molecule has 0 unspecified atom stereocenters. The first-order chi connectivity index (χ1) is 16.2. The standard InChI is InChI=1S/C25H34ClN3O5/c1-15(2)22-18-13-19(26)21(33-17-5-7-27(8-6-17)16(3)4)14-20(18)34-23(22)24(30)28-9-11-29(12-10-28)25(31)32/h13-17H,5-12H2,1-4H3,(H,31,32). The first-order valence-electron chi connectivity index (χ1n) is 12.1. The monoisotopic (exact) mass is 491 g/mol. The molecule has 0 bridgehead atoms. The highest BCUT2D eigenvalue weighted by atomic mass is 35.5. The van der Waals surface area contributed by atoms with Crippen molar-refractivity contribution in [3.63, 3.8) is 0 Å². The fourth-order valence-corrected chi connectivity index (χ4v) is 5.08. The SMILES string of the molecule is CC(C)c1c(C(=O)N2CCN(C(=O)O)CC2)oc2cc(OC3CCN(C(C)C)CC3)c(Cl)cc12. The van der Waals surface area contributed by atoms with Crippen LogP contribution in [0.15, 0.2) is 16.5 Å². The van der Waals surface area contributed by atoms with E-state index in [2.05, 4.69) is 18.7 Å². The van der Waals surface area contributed by atoms with Crippen LogP contribution in [0.1, 0.15) is 62.6 Å². The van der Waals surface area contributed by atoms with Gasteiger partial charge in [0.15, 0.2) is 5.76 Å². The Bertz CT molecular complexity index is 1050. The van der Waals surface area contributed by atoms with Crippen molar-refractivity contribution in [2.75, 3.05) is 39.3 Å². The molecule has 0 aliphatic carbocycles. The van der Waals surface area contributed by atoms with Gasteiger partial charge in [0.25, 0.3) is 5.91 Å². The molecule has 1 N–H and O–H groups in total. The summed E-state index contributed by atoms with van der Waals surface area (Å²) >= 11 is 6.63. The average molecular weight is 492 g/mol. The Balaban J connectivity index is 1.56. The number of carbonyl (C=O) groups is 2. The van der Waals surface area contributed by atoms with Gasteiger partial charge in [0.05, 0.1) is 5.02 Å². The zero-order chi connectivity index (χ0) is 24.6. The quantitative estimate of drug-likeness (QED) is 0.640. The highest BCUT2D eigenvalue weighted by Gasteiger charge is 2.31. The second-order valence-electron chi connectivity index (χ2n) is 9.79. The summed E-state index contributed by atoms with van der Waals surface area (Å²) in [5.41, 5.74) is 1.40. The van der Waals surface area contributed by atoms with Crippen molar-refractivity contribution in [1.29, 1.82) is 0 Å². The Morgan fingerprint density at radius 3 is 2.21 bits per heavy atom. The Hall–Kier alpha value is -2.45. The maximum Gasteiger partial charge on any atom is 0.407 e. The van der Waals surface area contributed by atoms with Crippen molar-refractivity contribution in [3.05, 3.63) is 28.5 Å². The Kier molecular flexibility index (Phi) is 7.28. The molecule has 1 aromatic carbocycles. The number of nitrogens with zero attached hydrogens (tertiary/aromatic N) is 3. The molecule has 9 heteroatoms. The predicted octanol–water partition coefficient (Wildman–Crippen LogP) is 4.90. The van der Waals surface area contributed by atoms with E-state index in [4.69, 9.17) is 20.8 Å². The van der Waals surface area contributed by atoms with Crippen molar-refractivity contribution in [2.45, 2.75) is 58.6 Å². The molecule has 0 saturated carbocycles. The van der Waals surface area contributed by atoms with Crippen LogP contribution < -0.4 is 4.74 Å². The number of piperazine rings is 1. The molecule has 2 aromatic rings. The highest BCUT2D eigenvalue weighted by molar-refractivity contribution is 6.33. The van der Waals surface area contributed by atoms with E-state index in [1.165, 1.54) is 4.90 Å². The number of ether oxygens (including phenoxy) is 1. The van der Waals surface area contributed by atoms with Gasteiger partial charge in [0.1, 0.15) is 17.4 Å². The van der Waals surface area contributed by atoms with Crippen molar-refractivity contribution < 1.29 is 23.8 Å². The van der Waals surface area contributed by atoms with Gasteiger partial charge in [-0.05, 0) is 38.7 Å². The van der Waals surface area contributed by atoms with Gasteiger partial charge in [-0.2, -0.15) is 0 Å². The van der Waals surface area contributed by atoms with Crippen LogP contribution in [0.25, 0.3) is 11.0 Å². The minimum Gasteiger partial charge on any atom is -0.489 e. The normalized spacial score (nSPS) is 18.3. The van der Waals surface area contributed by atoms with Crippen LogP contribution in [0, 0.1) is 0 Å². The van der Waals surface area contributed by atoms with E-state index in [1.807, 2.05) is 19.9 Å². The van der Waals surface area contributed by atoms with Crippen LogP contribution in [-0.2, 0) is 0 Å². The molecule has 8 nitrogen and oxygen atoms in total. The summed E-state index contributed by atoms with van der Waals surface area (Å²) in [6, 6.07) is 4.17. The lowest BCUT2D eigenvalue weighted by Gasteiger charge is -2.34. The van der Waals surface area contributed by atoms with Crippen molar-refractivity contribution in [3.8, 4) is 5.75 Å². The number of rotatable bonds is 5. The fraction of sp³-hybridized carbons (Fsp3) is 0.600. The van der Waals surface area contributed by atoms with Gasteiger partial charge >= 0.3 is 6.09 Å². The van der Waals surface area contributed by atoms with E-state index in [1.54, 1.807) is 11.0 Å². The van der Waals surface area contributed by atoms with Crippen molar-refractivity contribution >= 4 is 34.6 Å². The molecule has 0 radical (unpaired) electrons. The van der Waals surface area contributed by atoms with Crippen LogP contribution >= 0.6 is 11.6 Å². The maximum absolute atomic E-state index is 13.3. The number of hydrogen-bond acceptors (Lipinski definition) is 5. The lowest BCUT2D eigenvalue weighted by atomic mass is 9.98. The summed E-state index contributed by atoms with van der Waals surface area (Å²) < 4.78 is 12.4. The number of piperidine rings is 1. The van der Waals surface area contributed by atoms with Gasteiger partial charge in [0, 0.05) is 62.3 Å². The minimum absolute atomic E-state index is 0.0451. The summed E-state index contributed by atoms with van der Waals surface area (Å²) in [6.45, 7) is 11.7. The van der Waals surface area contributed by atoms with E-state index >= 15 is 0 Å². The van der Waals surface area contributed by atoms with E-state index in [-0.39, 0.29) is 31.0 Å². The molecule has 2 aliphatic rings. The van der Waals surface area contributed by atoms with E-state index < -0.39 is 6.09 Å². The molecule has 2 aliphatic heterocycles. The first-order valence-corrected chi connectivity index (χ1v) is 12.5. The van der Waals surface area contributed by atoms with Gasteiger partial charge < -0.3 is 29.0 Å². The van der Waals surface area contributed by atoms with Crippen molar-refractivity contribution in [2.24, 2.45) is 0 Å². The van der Waals surface area contributed by atoms with Crippen LogP contribution in [-0.4, -0.2) is 83.2 Å². The number of carbonyl (C=O) groups excluding carboxylic acids is 1. The predicted molar refractivity (Wildman–Crippen MR) is 131 cm³/mol. The first kappa shape index (κ1) is 24.7. The molecule has 2 saturated heterocycles. The Morgan fingerprint density at radius 2 is 1.65 bits per heavy atom. The molecule has 0 atom stereocenters. The maximum atomic E-state index is 13.3. The largest absolute Gasteiger partial charge is 0.489 e. The fourth-order valence-electron chi connectivity index (χ4n) is 4.87. The minimum atomic E-state index is -0.962. The zero-order valence-corrected chi connectivity index (χ0v) is 21.1. The molecular formula is C25H34ClN3O5. The molecular weight excluding hydrogens is 458 g/mol. The molecule has 1 aromatic heterocycles. The number of likely N-dealkylation sites (tertiary alicyclic amines) is 1. The number of carboxylic acid groups (broad SMARTS) is 1. The average Bonchev–Trinajstić information content (AvgIpc) is 3.17. The highest BCUT2D eigenvalue weighted by Crippen LogP contribution is 2.39. The molecule has 0 spiro atoms. The third kappa shape index (κ3) is 4.98. The zero-order valence-electron chi connectivity index (χ0n) is 20.3. The summed E-state index contributed by atoms with van der Waals surface area (Å²) in [4.78, 5) is 30.0. The molecule has 2 fully saturated rings. The van der Waals surface area contributed by atoms with E-state index in [0.717, 1.165) is 36.9 Å². The number of benzene rings is 1. The second-order valence-corrected chi connectivity index (χ2v) is 10.2. The second kappa shape index (κ2) is 10.0. The number of halogens is 1. The summed E-state index contributed by atoms with van der Waals surface area (Å²) in [7, 11) is 0. The third-order valence-corrected chi connectivity index (χ3v) is 7.19. The number of amides is 2. The van der Waals surface area contributed by atoms with Gasteiger partial charge in [-0.15, -0.1) is 0 Å². The molecule has 2 amide bonds. The van der Waals surface area contributed by atoms with Crippen LogP contribution in [0.5, 0.6) is 5.75 Å². The van der Waals surface area contributed by atoms with Gasteiger partial charge in [-0.1, -0.05) is 25.4 Å². The number of fused-ring (bicyclic) bond motifs is 1. The van der Waals surface area contributed by atoms with Gasteiger partial charge in [-0.25, -0.2) is 4.79 Å².